The van der Waals surface area contributed by atoms with Gasteiger partial charge in [0.2, 0.25) is 15.9 Å². The maximum Gasteiger partial charge on any atom is 0.344 e. The normalized spacial score (nSPS) is 18.7. The molecule has 164 valence electrons. The molecule has 1 heterocycles. The van der Waals surface area contributed by atoms with E-state index >= 15 is 0 Å². The van der Waals surface area contributed by atoms with E-state index in [0.29, 0.717) is 22.7 Å². The largest absolute Gasteiger partial charge is 0.344 e. The van der Waals surface area contributed by atoms with Crippen molar-refractivity contribution in [3.8, 4) is 0 Å². The van der Waals surface area contributed by atoms with Crippen molar-refractivity contribution in [1.82, 2.24) is 20.5 Å². The second kappa shape index (κ2) is 8.40. The molecule has 1 aliphatic heterocycles. The lowest BCUT2D eigenvalue weighted by molar-refractivity contribution is -0.138. The van der Waals surface area contributed by atoms with Crippen LogP contribution < -0.4 is 15.5 Å². The second-order valence-electron chi connectivity index (χ2n) is 6.82. The van der Waals surface area contributed by atoms with Crippen LogP contribution in [0, 0.1) is 11.6 Å². The number of sulfonamides is 1. The number of carbonyl (C=O) groups is 3. The standard InChI is InChI=1S/C19H18F2N4O5S/c1-19(12-5-3-2-4-6-12)17(27)25(18(28)23-19)24-16(26)9-10-22-31(29,30)13-7-8-14(20)15(21)11-13/h2-8,11,22H,9-10H2,1H3,(H,23,28)(H,24,26). The van der Waals surface area contributed by atoms with E-state index in [0.717, 1.165) is 6.07 Å². The Labute approximate surface area is 176 Å². The Bertz CT molecular complexity index is 1140. The lowest BCUT2D eigenvalue weighted by Gasteiger charge is -2.22. The van der Waals surface area contributed by atoms with Gasteiger partial charge in [0.15, 0.2) is 11.6 Å². The molecule has 0 aromatic heterocycles. The molecule has 1 fully saturated rings. The molecule has 0 saturated carbocycles. The number of nitrogens with one attached hydrogen (secondary N) is 3. The molecule has 0 aliphatic carbocycles. The Balaban J connectivity index is 1.59. The Morgan fingerprint density at radius 3 is 2.42 bits per heavy atom. The molecular formula is C19H18F2N4O5S. The number of hydrogen-bond donors (Lipinski definition) is 3. The first-order valence-electron chi connectivity index (χ1n) is 9.01. The predicted molar refractivity (Wildman–Crippen MR) is 103 cm³/mol. The molecule has 9 nitrogen and oxygen atoms in total. The van der Waals surface area contributed by atoms with Gasteiger partial charge in [-0.1, -0.05) is 30.3 Å². The third kappa shape index (κ3) is 4.54. The van der Waals surface area contributed by atoms with Crippen molar-refractivity contribution in [2.24, 2.45) is 0 Å². The molecule has 1 atom stereocenters. The van der Waals surface area contributed by atoms with Gasteiger partial charge < -0.3 is 5.32 Å². The van der Waals surface area contributed by atoms with Crippen LogP contribution in [0.2, 0.25) is 0 Å². The molecule has 12 heteroatoms. The highest BCUT2D eigenvalue weighted by molar-refractivity contribution is 7.89. The van der Waals surface area contributed by atoms with Gasteiger partial charge in [0.1, 0.15) is 5.54 Å². The quantitative estimate of drug-likeness (QED) is 0.544. The van der Waals surface area contributed by atoms with Crippen molar-refractivity contribution in [3.63, 3.8) is 0 Å². The van der Waals surface area contributed by atoms with Gasteiger partial charge in [-0.25, -0.2) is 26.7 Å². The monoisotopic (exact) mass is 452 g/mol. The number of imide groups is 1. The van der Waals surface area contributed by atoms with E-state index in [2.05, 4.69) is 15.5 Å². The Hall–Kier alpha value is -3.38. The number of nitrogens with zero attached hydrogens (tertiary/aromatic N) is 1. The van der Waals surface area contributed by atoms with Gasteiger partial charge >= 0.3 is 6.03 Å². The van der Waals surface area contributed by atoms with Crippen LogP contribution in [0.4, 0.5) is 13.6 Å². The summed E-state index contributed by atoms with van der Waals surface area (Å²) < 4.78 is 52.5. The minimum absolute atomic E-state index is 0.410. The summed E-state index contributed by atoms with van der Waals surface area (Å²) >= 11 is 0. The van der Waals surface area contributed by atoms with Crippen LogP contribution in [-0.4, -0.2) is 37.8 Å². The van der Waals surface area contributed by atoms with E-state index in [-0.39, 0.29) is 0 Å². The highest BCUT2D eigenvalue weighted by atomic mass is 32.2. The zero-order valence-electron chi connectivity index (χ0n) is 16.2. The van der Waals surface area contributed by atoms with Gasteiger partial charge in [0.25, 0.3) is 5.91 Å². The minimum Gasteiger partial charge on any atom is -0.318 e. The fraction of sp³-hybridized carbons (Fsp3) is 0.211. The molecule has 1 unspecified atom stereocenters. The highest BCUT2D eigenvalue weighted by Gasteiger charge is 2.49. The van der Waals surface area contributed by atoms with Crippen LogP contribution in [0.1, 0.15) is 18.9 Å². The third-order valence-corrected chi connectivity index (χ3v) is 6.08. The number of hydrazine groups is 1. The van der Waals surface area contributed by atoms with Crippen molar-refractivity contribution < 1.29 is 31.6 Å². The third-order valence-electron chi connectivity index (χ3n) is 4.62. The zero-order valence-corrected chi connectivity index (χ0v) is 17.0. The average molecular weight is 452 g/mol. The number of rotatable bonds is 7. The lowest BCUT2D eigenvalue weighted by atomic mass is 9.92. The van der Waals surface area contributed by atoms with Crippen molar-refractivity contribution in [3.05, 3.63) is 65.7 Å². The van der Waals surface area contributed by atoms with Crippen molar-refractivity contribution in [2.75, 3.05) is 6.54 Å². The number of halogens is 2. The summed E-state index contributed by atoms with van der Waals surface area (Å²) in [4.78, 5) is 36.5. The lowest BCUT2D eigenvalue weighted by Crippen LogP contribution is -2.48. The summed E-state index contributed by atoms with van der Waals surface area (Å²) in [6, 6.07) is 9.64. The van der Waals surface area contributed by atoms with Gasteiger partial charge in [-0.3, -0.25) is 15.0 Å². The van der Waals surface area contributed by atoms with Crippen molar-refractivity contribution in [1.29, 1.82) is 0 Å². The van der Waals surface area contributed by atoms with E-state index in [1.54, 1.807) is 30.3 Å². The first-order valence-corrected chi connectivity index (χ1v) is 10.5. The van der Waals surface area contributed by atoms with Crippen LogP contribution in [-0.2, 0) is 25.2 Å². The fourth-order valence-corrected chi connectivity index (χ4v) is 3.96. The number of hydrogen-bond acceptors (Lipinski definition) is 5. The molecule has 1 saturated heterocycles. The zero-order chi connectivity index (χ0) is 22.8. The van der Waals surface area contributed by atoms with Gasteiger partial charge in [0.05, 0.1) is 4.90 Å². The van der Waals surface area contributed by atoms with Crippen LogP contribution in [0.5, 0.6) is 0 Å². The summed E-state index contributed by atoms with van der Waals surface area (Å²) in [5, 5.41) is 3.04. The maximum atomic E-state index is 13.2. The molecule has 31 heavy (non-hydrogen) atoms. The van der Waals surface area contributed by atoms with Crippen LogP contribution >= 0.6 is 0 Å². The molecule has 2 aromatic rings. The van der Waals surface area contributed by atoms with E-state index in [1.807, 2.05) is 0 Å². The Morgan fingerprint density at radius 1 is 1.10 bits per heavy atom. The SMILES string of the molecule is CC1(c2ccccc2)NC(=O)N(NC(=O)CCNS(=O)(=O)c2ccc(F)c(F)c2)C1=O. The van der Waals surface area contributed by atoms with E-state index < -0.39 is 62.9 Å². The first-order chi connectivity index (χ1) is 14.5. The molecule has 0 radical (unpaired) electrons. The van der Waals surface area contributed by atoms with Crippen LogP contribution in [0.15, 0.2) is 53.4 Å². The van der Waals surface area contributed by atoms with Gasteiger partial charge in [-0.15, -0.1) is 0 Å². The fourth-order valence-electron chi connectivity index (χ4n) is 2.91. The summed E-state index contributed by atoms with van der Waals surface area (Å²) in [6.07, 6.45) is -0.429. The summed E-state index contributed by atoms with van der Waals surface area (Å²) in [5.74, 6) is -4.05. The minimum atomic E-state index is -4.20. The molecule has 0 spiro atoms. The van der Waals surface area contributed by atoms with Crippen molar-refractivity contribution in [2.45, 2.75) is 23.8 Å². The average Bonchev–Trinajstić information content (AvgIpc) is 2.94. The topological polar surface area (TPSA) is 125 Å². The van der Waals surface area contributed by atoms with Crippen LogP contribution in [0.3, 0.4) is 0 Å². The summed E-state index contributed by atoms with van der Waals surface area (Å²) in [5.41, 5.74) is 1.28. The van der Waals surface area contributed by atoms with E-state index in [4.69, 9.17) is 0 Å². The van der Waals surface area contributed by atoms with Gasteiger partial charge in [-0.2, -0.15) is 5.01 Å². The number of benzene rings is 2. The van der Waals surface area contributed by atoms with E-state index in [1.165, 1.54) is 6.92 Å². The molecule has 3 rings (SSSR count). The molecule has 2 aromatic carbocycles. The van der Waals surface area contributed by atoms with Crippen molar-refractivity contribution >= 4 is 27.9 Å². The van der Waals surface area contributed by atoms with Gasteiger partial charge in [0, 0.05) is 13.0 Å². The Kier molecular flexibility index (Phi) is 6.04. The highest BCUT2D eigenvalue weighted by Crippen LogP contribution is 2.27. The molecule has 0 bridgehead atoms. The smallest absolute Gasteiger partial charge is 0.318 e. The molecule has 4 amide bonds. The summed E-state index contributed by atoms with van der Waals surface area (Å²) in [6.45, 7) is 1.08. The van der Waals surface area contributed by atoms with E-state index in [9.17, 15) is 31.6 Å². The molecule has 3 N–H and O–H groups in total. The molecule has 1 aliphatic rings. The number of amides is 4. The molecular weight excluding hydrogens is 434 g/mol. The predicted octanol–water partition coefficient (Wildman–Crippen LogP) is 1.13. The first kappa shape index (κ1) is 22.3. The van der Waals surface area contributed by atoms with Crippen LogP contribution in [0.25, 0.3) is 0 Å². The second-order valence-corrected chi connectivity index (χ2v) is 8.59. The Morgan fingerprint density at radius 2 is 1.77 bits per heavy atom. The number of urea groups is 1. The van der Waals surface area contributed by atoms with Gasteiger partial charge in [-0.05, 0) is 30.7 Å². The number of carbonyl (C=O) groups excluding carboxylic acids is 3. The maximum absolute atomic E-state index is 13.2. The summed E-state index contributed by atoms with van der Waals surface area (Å²) in [7, 11) is -4.20.